The first-order valence-corrected chi connectivity index (χ1v) is 10.3. The first-order chi connectivity index (χ1) is 12.7. The van der Waals surface area contributed by atoms with E-state index in [1.54, 1.807) is 0 Å². The standard InChI is InChI=1S/C20H26N4OS/c1-14-4-2-3-5-18(14)26-16-6-9-24(10-7-16)19-12-17(22-20(21)23-19)15-8-11-25-13-15/h2-5,12,15-16H,6-11,13H2,1H3,(H2,21,22,23)/t15-/m0/s1. The van der Waals surface area contributed by atoms with E-state index in [-0.39, 0.29) is 0 Å². The summed E-state index contributed by atoms with van der Waals surface area (Å²) in [4.78, 5) is 12.7. The van der Waals surface area contributed by atoms with Crippen LogP contribution in [0.2, 0.25) is 0 Å². The highest BCUT2D eigenvalue weighted by Gasteiger charge is 2.24. The molecule has 0 bridgehead atoms. The zero-order valence-corrected chi connectivity index (χ0v) is 16.0. The fourth-order valence-corrected chi connectivity index (χ4v) is 4.90. The zero-order valence-electron chi connectivity index (χ0n) is 15.2. The first-order valence-electron chi connectivity index (χ1n) is 9.38. The SMILES string of the molecule is Cc1ccccc1SC1CCN(c2cc([C@H]3CCOC3)nc(N)n2)CC1. The Kier molecular flexibility index (Phi) is 5.31. The highest BCUT2D eigenvalue weighted by molar-refractivity contribution is 8.00. The van der Waals surface area contributed by atoms with Gasteiger partial charge in [0.1, 0.15) is 5.82 Å². The molecular formula is C20H26N4OS. The normalized spacial score (nSPS) is 21.3. The van der Waals surface area contributed by atoms with Gasteiger partial charge in [-0.05, 0) is 37.8 Å². The Morgan fingerprint density at radius 2 is 1.96 bits per heavy atom. The van der Waals surface area contributed by atoms with Crippen molar-refractivity contribution in [2.24, 2.45) is 0 Å². The predicted molar refractivity (Wildman–Crippen MR) is 107 cm³/mol. The van der Waals surface area contributed by atoms with Crippen molar-refractivity contribution < 1.29 is 4.74 Å². The number of nitrogens with two attached hydrogens (primary N) is 1. The number of nitrogens with zero attached hydrogens (tertiary/aromatic N) is 3. The first kappa shape index (κ1) is 17.6. The van der Waals surface area contributed by atoms with E-state index in [1.807, 2.05) is 11.8 Å². The summed E-state index contributed by atoms with van der Waals surface area (Å²) in [6.45, 7) is 5.77. The van der Waals surface area contributed by atoms with Crippen molar-refractivity contribution in [3.63, 3.8) is 0 Å². The smallest absolute Gasteiger partial charge is 0.222 e. The highest BCUT2D eigenvalue weighted by atomic mass is 32.2. The number of thioether (sulfide) groups is 1. The molecule has 4 rings (SSSR count). The second-order valence-corrected chi connectivity index (χ2v) is 8.48. The van der Waals surface area contributed by atoms with E-state index in [2.05, 4.69) is 52.1 Å². The molecule has 0 amide bonds. The molecular weight excluding hydrogens is 344 g/mol. The van der Waals surface area contributed by atoms with E-state index in [0.717, 1.165) is 57.1 Å². The summed E-state index contributed by atoms with van der Waals surface area (Å²) in [5.74, 6) is 1.70. The van der Waals surface area contributed by atoms with Crippen molar-refractivity contribution in [1.29, 1.82) is 0 Å². The molecule has 0 unspecified atom stereocenters. The minimum absolute atomic E-state index is 0.355. The maximum absolute atomic E-state index is 5.99. The van der Waals surface area contributed by atoms with Gasteiger partial charge in [0.05, 0.1) is 12.3 Å². The molecule has 0 spiro atoms. The molecule has 2 aliphatic rings. The van der Waals surface area contributed by atoms with E-state index in [9.17, 15) is 0 Å². The third-order valence-corrected chi connectivity index (χ3v) is 6.77. The largest absolute Gasteiger partial charge is 0.381 e. The Labute approximate surface area is 159 Å². The molecule has 26 heavy (non-hydrogen) atoms. The van der Waals surface area contributed by atoms with E-state index in [1.165, 1.54) is 10.5 Å². The van der Waals surface area contributed by atoms with Gasteiger partial charge in [-0.2, -0.15) is 4.98 Å². The monoisotopic (exact) mass is 370 g/mol. The summed E-state index contributed by atoms with van der Waals surface area (Å²) >= 11 is 2.01. The average Bonchev–Trinajstić information content (AvgIpc) is 3.19. The van der Waals surface area contributed by atoms with Crippen LogP contribution in [0.25, 0.3) is 0 Å². The van der Waals surface area contributed by atoms with Crippen LogP contribution in [0.5, 0.6) is 0 Å². The van der Waals surface area contributed by atoms with Gasteiger partial charge in [0.15, 0.2) is 0 Å². The molecule has 1 aromatic heterocycles. The van der Waals surface area contributed by atoms with Crippen LogP contribution in [0.4, 0.5) is 11.8 Å². The molecule has 0 aliphatic carbocycles. The predicted octanol–water partition coefficient (Wildman–Crippen LogP) is 3.63. The van der Waals surface area contributed by atoms with Crippen LogP contribution in [0.3, 0.4) is 0 Å². The average molecular weight is 371 g/mol. The molecule has 138 valence electrons. The molecule has 3 heterocycles. The van der Waals surface area contributed by atoms with E-state index in [0.29, 0.717) is 17.1 Å². The Morgan fingerprint density at radius 3 is 2.69 bits per heavy atom. The molecule has 0 saturated carbocycles. The molecule has 1 atom stereocenters. The topological polar surface area (TPSA) is 64.3 Å². The minimum Gasteiger partial charge on any atom is -0.381 e. The summed E-state index contributed by atoms with van der Waals surface area (Å²) in [6, 6.07) is 10.8. The van der Waals surface area contributed by atoms with Gasteiger partial charge in [-0.1, -0.05) is 18.2 Å². The fraction of sp³-hybridized carbons (Fsp3) is 0.500. The maximum Gasteiger partial charge on any atom is 0.222 e. The number of benzene rings is 1. The molecule has 2 aliphatic heterocycles. The zero-order chi connectivity index (χ0) is 17.9. The Morgan fingerprint density at radius 1 is 1.15 bits per heavy atom. The third kappa shape index (κ3) is 3.96. The number of anilines is 2. The molecule has 1 aromatic carbocycles. The molecule has 2 aromatic rings. The van der Waals surface area contributed by atoms with Gasteiger partial charge in [0, 0.05) is 41.8 Å². The highest BCUT2D eigenvalue weighted by Crippen LogP contribution is 2.34. The molecule has 2 fully saturated rings. The summed E-state index contributed by atoms with van der Waals surface area (Å²) < 4.78 is 5.50. The van der Waals surface area contributed by atoms with Crippen molar-refractivity contribution >= 4 is 23.5 Å². The summed E-state index contributed by atoms with van der Waals surface area (Å²) in [6.07, 6.45) is 3.33. The van der Waals surface area contributed by atoms with Crippen LogP contribution < -0.4 is 10.6 Å². The molecule has 6 heteroatoms. The number of hydrogen-bond acceptors (Lipinski definition) is 6. The van der Waals surface area contributed by atoms with Crippen molar-refractivity contribution in [1.82, 2.24) is 9.97 Å². The lowest BCUT2D eigenvalue weighted by Gasteiger charge is -2.33. The number of nitrogen functional groups attached to an aromatic ring is 1. The fourth-order valence-electron chi connectivity index (χ4n) is 3.68. The van der Waals surface area contributed by atoms with Crippen LogP contribution in [0.1, 0.15) is 36.4 Å². The maximum atomic E-state index is 5.99. The van der Waals surface area contributed by atoms with Crippen molar-refractivity contribution in [3.05, 3.63) is 41.6 Å². The molecule has 5 nitrogen and oxygen atoms in total. The van der Waals surface area contributed by atoms with Gasteiger partial charge in [-0.3, -0.25) is 0 Å². The van der Waals surface area contributed by atoms with Gasteiger partial charge < -0.3 is 15.4 Å². The van der Waals surface area contributed by atoms with Gasteiger partial charge >= 0.3 is 0 Å². The number of aryl methyl sites for hydroxylation is 1. The number of hydrogen-bond donors (Lipinski definition) is 1. The Hall–Kier alpha value is -1.79. The van der Waals surface area contributed by atoms with E-state index in [4.69, 9.17) is 10.5 Å². The van der Waals surface area contributed by atoms with E-state index < -0.39 is 0 Å². The summed E-state index contributed by atoms with van der Waals surface area (Å²) in [5.41, 5.74) is 8.38. The second kappa shape index (κ2) is 7.84. The van der Waals surface area contributed by atoms with Crippen LogP contribution >= 0.6 is 11.8 Å². The summed E-state index contributed by atoms with van der Waals surface area (Å²) in [7, 11) is 0. The number of rotatable bonds is 4. The van der Waals surface area contributed by atoms with Gasteiger partial charge in [0.25, 0.3) is 0 Å². The Bertz CT molecular complexity index is 755. The Balaban J connectivity index is 1.41. The number of ether oxygens (including phenoxy) is 1. The molecule has 2 N–H and O–H groups in total. The lowest BCUT2D eigenvalue weighted by molar-refractivity contribution is 0.193. The van der Waals surface area contributed by atoms with Crippen LogP contribution in [-0.2, 0) is 4.74 Å². The molecule has 2 saturated heterocycles. The van der Waals surface area contributed by atoms with Gasteiger partial charge in [0.2, 0.25) is 5.95 Å². The second-order valence-electron chi connectivity index (χ2n) is 7.14. The number of piperidine rings is 1. The molecule has 0 radical (unpaired) electrons. The van der Waals surface area contributed by atoms with Crippen molar-refractivity contribution in [3.8, 4) is 0 Å². The van der Waals surface area contributed by atoms with Gasteiger partial charge in [-0.15, -0.1) is 11.8 Å². The van der Waals surface area contributed by atoms with Crippen LogP contribution in [-0.4, -0.2) is 41.5 Å². The van der Waals surface area contributed by atoms with Crippen molar-refractivity contribution in [2.45, 2.75) is 42.2 Å². The quantitative estimate of drug-likeness (QED) is 0.887. The minimum atomic E-state index is 0.355. The lowest BCUT2D eigenvalue weighted by Crippen LogP contribution is -2.35. The number of aromatic nitrogens is 2. The van der Waals surface area contributed by atoms with Crippen molar-refractivity contribution in [2.75, 3.05) is 36.9 Å². The van der Waals surface area contributed by atoms with E-state index >= 15 is 0 Å². The lowest BCUT2D eigenvalue weighted by atomic mass is 10.0. The van der Waals surface area contributed by atoms with Crippen LogP contribution in [0.15, 0.2) is 35.2 Å². The van der Waals surface area contributed by atoms with Crippen LogP contribution in [0, 0.1) is 6.92 Å². The summed E-state index contributed by atoms with van der Waals surface area (Å²) in [5, 5.41) is 0.661. The third-order valence-electron chi connectivity index (χ3n) is 5.25. The van der Waals surface area contributed by atoms with Gasteiger partial charge in [-0.25, -0.2) is 4.98 Å².